The van der Waals surface area contributed by atoms with Crippen molar-refractivity contribution >= 4 is 11.0 Å². The zero-order valence-electron chi connectivity index (χ0n) is 8.65. The predicted octanol–water partition coefficient (Wildman–Crippen LogP) is 2.46. The molecule has 3 heteroatoms. The molecule has 0 aliphatic carbocycles. The summed E-state index contributed by atoms with van der Waals surface area (Å²) in [5.74, 6) is 1.20. The first-order valence-corrected chi connectivity index (χ1v) is 4.77. The van der Waals surface area contributed by atoms with E-state index >= 15 is 0 Å². The molecule has 0 aromatic carbocycles. The fourth-order valence-corrected chi connectivity index (χ4v) is 1.51. The molecule has 2 rings (SSSR count). The van der Waals surface area contributed by atoms with Gasteiger partial charge in [0.15, 0.2) is 0 Å². The van der Waals surface area contributed by atoms with Crippen molar-refractivity contribution < 1.29 is 0 Å². The van der Waals surface area contributed by atoms with Gasteiger partial charge in [0.2, 0.25) is 0 Å². The third-order valence-electron chi connectivity index (χ3n) is 2.14. The fraction of sp³-hybridized carbons (Fsp3) is 0.364. The van der Waals surface area contributed by atoms with Crippen LogP contribution in [0.5, 0.6) is 0 Å². The van der Waals surface area contributed by atoms with Gasteiger partial charge in [-0.1, -0.05) is 13.8 Å². The lowest BCUT2D eigenvalue weighted by molar-refractivity contribution is 0.813. The van der Waals surface area contributed by atoms with Gasteiger partial charge < -0.3 is 0 Å². The van der Waals surface area contributed by atoms with Crippen molar-refractivity contribution in [2.24, 2.45) is 0 Å². The zero-order chi connectivity index (χ0) is 10.1. The van der Waals surface area contributed by atoms with E-state index in [1.165, 1.54) is 0 Å². The smallest absolute Gasteiger partial charge is 0.126 e. The molecule has 0 radical (unpaired) electrons. The summed E-state index contributed by atoms with van der Waals surface area (Å²) in [6, 6.07) is 3.88. The minimum absolute atomic E-state index is 0.383. The van der Waals surface area contributed by atoms with E-state index in [9.17, 15) is 0 Å². The maximum atomic E-state index is 4.43. The van der Waals surface area contributed by atoms with Gasteiger partial charge in [0, 0.05) is 6.20 Å². The number of hydrogen-bond donors (Lipinski definition) is 0. The SMILES string of the molecule is Cc1nc(C(C)C)c2ncccc2n1. The molecule has 0 aliphatic heterocycles. The van der Waals surface area contributed by atoms with E-state index < -0.39 is 0 Å². The second-order valence-corrected chi connectivity index (χ2v) is 3.68. The van der Waals surface area contributed by atoms with Crippen molar-refractivity contribution in [2.45, 2.75) is 26.7 Å². The van der Waals surface area contributed by atoms with E-state index in [0.717, 1.165) is 22.6 Å². The van der Waals surface area contributed by atoms with Gasteiger partial charge in [-0.25, -0.2) is 9.97 Å². The van der Waals surface area contributed by atoms with Crippen LogP contribution in [0.4, 0.5) is 0 Å². The molecule has 72 valence electrons. The Hall–Kier alpha value is -1.51. The van der Waals surface area contributed by atoms with Crippen molar-refractivity contribution in [3.05, 3.63) is 29.8 Å². The molecule has 0 saturated carbocycles. The number of aryl methyl sites for hydroxylation is 1. The monoisotopic (exact) mass is 187 g/mol. The molecule has 0 bridgehead atoms. The number of pyridine rings is 1. The minimum Gasteiger partial charge on any atom is -0.253 e. The van der Waals surface area contributed by atoms with Gasteiger partial charge in [-0.2, -0.15) is 0 Å². The Labute approximate surface area is 83.2 Å². The van der Waals surface area contributed by atoms with Crippen molar-refractivity contribution in [3.8, 4) is 0 Å². The van der Waals surface area contributed by atoms with Gasteiger partial charge in [-0.3, -0.25) is 4.98 Å². The van der Waals surface area contributed by atoms with Gasteiger partial charge >= 0.3 is 0 Å². The summed E-state index contributed by atoms with van der Waals surface area (Å²) >= 11 is 0. The van der Waals surface area contributed by atoms with Crippen LogP contribution in [-0.2, 0) is 0 Å². The van der Waals surface area contributed by atoms with Crippen LogP contribution < -0.4 is 0 Å². The molecule has 0 saturated heterocycles. The molecule has 2 heterocycles. The normalized spacial score (nSPS) is 11.1. The summed E-state index contributed by atoms with van der Waals surface area (Å²) in [4.78, 5) is 13.1. The third kappa shape index (κ3) is 1.45. The second-order valence-electron chi connectivity index (χ2n) is 3.68. The lowest BCUT2D eigenvalue weighted by atomic mass is 10.1. The molecule has 3 nitrogen and oxygen atoms in total. The highest BCUT2D eigenvalue weighted by Gasteiger charge is 2.09. The molecular formula is C11H13N3. The highest BCUT2D eigenvalue weighted by atomic mass is 14.9. The fourth-order valence-electron chi connectivity index (χ4n) is 1.51. The minimum atomic E-state index is 0.383. The third-order valence-corrected chi connectivity index (χ3v) is 2.14. The molecule has 0 fully saturated rings. The van der Waals surface area contributed by atoms with Crippen LogP contribution in [0.25, 0.3) is 11.0 Å². The average molecular weight is 187 g/mol. The number of aromatic nitrogens is 3. The molecule has 0 atom stereocenters. The van der Waals surface area contributed by atoms with Gasteiger partial charge in [-0.05, 0) is 25.0 Å². The first kappa shape index (κ1) is 9.06. The van der Waals surface area contributed by atoms with Gasteiger partial charge in [0.1, 0.15) is 11.3 Å². The van der Waals surface area contributed by atoms with Crippen LogP contribution in [0.2, 0.25) is 0 Å². The Kier molecular flexibility index (Phi) is 2.15. The van der Waals surface area contributed by atoms with Crippen LogP contribution in [0.1, 0.15) is 31.3 Å². The van der Waals surface area contributed by atoms with E-state index in [4.69, 9.17) is 0 Å². The molecule has 0 N–H and O–H groups in total. The molecule has 14 heavy (non-hydrogen) atoms. The van der Waals surface area contributed by atoms with Crippen LogP contribution in [0.15, 0.2) is 18.3 Å². The summed E-state index contributed by atoms with van der Waals surface area (Å²) in [6.07, 6.45) is 1.78. The van der Waals surface area contributed by atoms with Crippen molar-refractivity contribution in [1.29, 1.82) is 0 Å². The van der Waals surface area contributed by atoms with Gasteiger partial charge in [-0.15, -0.1) is 0 Å². The zero-order valence-corrected chi connectivity index (χ0v) is 8.65. The van der Waals surface area contributed by atoms with E-state index in [0.29, 0.717) is 5.92 Å². The highest BCUT2D eigenvalue weighted by molar-refractivity contribution is 5.76. The molecule has 2 aromatic rings. The lowest BCUT2D eigenvalue weighted by Gasteiger charge is -2.07. The van der Waals surface area contributed by atoms with Crippen LogP contribution >= 0.6 is 0 Å². The standard InChI is InChI=1S/C11H13N3/c1-7(2)10-11-9(5-4-6-12-11)13-8(3)14-10/h4-7H,1-3H3. The van der Waals surface area contributed by atoms with E-state index in [1.54, 1.807) is 6.20 Å². The van der Waals surface area contributed by atoms with Gasteiger partial charge in [0.25, 0.3) is 0 Å². The summed E-state index contributed by atoms with van der Waals surface area (Å²) in [5.41, 5.74) is 2.89. The first-order valence-electron chi connectivity index (χ1n) is 4.77. The quantitative estimate of drug-likeness (QED) is 0.688. The molecule has 0 spiro atoms. The molecule has 0 aliphatic rings. The van der Waals surface area contributed by atoms with Crippen molar-refractivity contribution in [3.63, 3.8) is 0 Å². The molecule has 0 amide bonds. The largest absolute Gasteiger partial charge is 0.253 e. The van der Waals surface area contributed by atoms with Crippen molar-refractivity contribution in [1.82, 2.24) is 15.0 Å². The first-order chi connectivity index (χ1) is 6.68. The Balaban J connectivity index is 2.80. The van der Waals surface area contributed by atoms with E-state index in [-0.39, 0.29) is 0 Å². The Bertz CT molecular complexity index is 463. The van der Waals surface area contributed by atoms with Crippen LogP contribution in [0, 0.1) is 6.92 Å². The van der Waals surface area contributed by atoms with E-state index in [1.807, 2.05) is 19.1 Å². The van der Waals surface area contributed by atoms with Crippen LogP contribution in [0.3, 0.4) is 0 Å². The predicted molar refractivity (Wildman–Crippen MR) is 56.2 cm³/mol. The Morgan fingerprint density at radius 2 is 2.00 bits per heavy atom. The molecule has 0 unspecified atom stereocenters. The Morgan fingerprint density at radius 1 is 1.21 bits per heavy atom. The summed E-state index contributed by atoms with van der Waals surface area (Å²) in [6.45, 7) is 6.16. The maximum Gasteiger partial charge on any atom is 0.126 e. The van der Waals surface area contributed by atoms with Crippen LogP contribution in [-0.4, -0.2) is 15.0 Å². The average Bonchev–Trinajstić information content (AvgIpc) is 2.16. The molecule has 2 aromatic heterocycles. The maximum absolute atomic E-state index is 4.43. The van der Waals surface area contributed by atoms with Crippen molar-refractivity contribution in [2.75, 3.05) is 0 Å². The summed E-state index contributed by atoms with van der Waals surface area (Å²) < 4.78 is 0. The highest BCUT2D eigenvalue weighted by Crippen LogP contribution is 2.19. The van der Waals surface area contributed by atoms with E-state index in [2.05, 4.69) is 28.8 Å². The number of nitrogens with zero attached hydrogens (tertiary/aromatic N) is 3. The summed E-state index contributed by atoms with van der Waals surface area (Å²) in [5, 5.41) is 0. The lowest BCUT2D eigenvalue weighted by Crippen LogP contribution is -2.00. The summed E-state index contributed by atoms with van der Waals surface area (Å²) in [7, 11) is 0. The topological polar surface area (TPSA) is 38.7 Å². The number of rotatable bonds is 1. The number of hydrogen-bond acceptors (Lipinski definition) is 3. The second kappa shape index (κ2) is 3.33. The Morgan fingerprint density at radius 3 is 2.71 bits per heavy atom. The van der Waals surface area contributed by atoms with Gasteiger partial charge in [0.05, 0.1) is 11.2 Å². The molecular weight excluding hydrogens is 174 g/mol. The number of fused-ring (bicyclic) bond motifs is 1.